The standard InChI is InChI=1S/C22H23BrN2O4S2/c1-30-17-4-2-3-16(12-17)24-21(26)8-10-31(28,29)20-13-19-15(11-18(20)23)7-9-25(19)22(27)14-5-6-14/h2-4,11-14H,5-10H2,1H3,(H,24,26). The zero-order chi connectivity index (χ0) is 22.2. The molecule has 1 N–H and O–H groups in total. The van der Waals surface area contributed by atoms with E-state index in [9.17, 15) is 18.0 Å². The van der Waals surface area contributed by atoms with Crippen molar-refractivity contribution in [2.45, 2.75) is 35.5 Å². The van der Waals surface area contributed by atoms with Gasteiger partial charge in [-0.25, -0.2) is 8.42 Å². The second-order valence-corrected chi connectivity index (χ2v) is 11.6. The molecule has 31 heavy (non-hydrogen) atoms. The fourth-order valence-corrected chi connectivity index (χ4v) is 6.58. The molecular weight excluding hydrogens is 500 g/mol. The minimum absolute atomic E-state index is 0.0722. The van der Waals surface area contributed by atoms with Crippen LogP contribution in [0.15, 0.2) is 50.7 Å². The summed E-state index contributed by atoms with van der Waals surface area (Å²) in [5, 5.41) is 2.76. The SMILES string of the molecule is CSc1cccc(NC(=O)CCS(=O)(=O)c2cc3c(cc2Br)CCN3C(=O)C2CC2)c1. The molecule has 4 rings (SSSR count). The molecule has 2 amide bonds. The second-order valence-electron chi connectivity index (χ2n) is 7.77. The lowest BCUT2D eigenvalue weighted by atomic mass is 10.2. The maximum atomic E-state index is 13.0. The van der Waals surface area contributed by atoms with Crippen molar-refractivity contribution >= 4 is 60.7 Å². The van der Waals surface area contributed by atoms with Crippen LogP contribution in [-0.4, -0.2) is 38.8 Å². The van der Waals surface area contributed by atoms with Gasteiger partial charge in [-0.2, -0.15) is 0 Å². The van der Waals surface area contributed by atoms with Crippen molar-refractivity contribution in [3.8, 4) is 0 Å². The fourth-order valence-electron chi connectivity index (χ4n) is 3.67. The van der Waals surface area contributed by atoms with Crippen molar-refractivity contribution in [3.63, 3.8) is 0 Å². The van der Waals surface area contributed by atoms with Crippen LogP contribution >= 0.6 is 27.7 Å². The van der Waals surface area contributed by atoms with Crippen molar-refractivity contribution in [1.82, 2.24) is 0 Å². The Labute approximate surface area is 194 Å². The van der Waals surface area contributed by atoms with Gasteiger partial charge in [-0.3, -0.25) is 9.59 Å². The highest BCUT2D eigenvalue weighted by Gasteiger charge is 2.37. The zero-order valence-corrected chi connectivity index (χ0v) is 20.3. The van der Waals surface area contributed by atoms with Crippen LogP contribution in [0.2, 0.25) is 0 Å². The first kappa shape index (κ1) is 22.4. The average molecular weight is 523 g/mol. The summed E-state index contributed by atoms with van der Waals surface area (Å²) in [7, 11) is -3.72. The van der Waals surface area contributed by atoms with Crippen LogP contribution in [0.25, 0.3) is 0 Å². The van der Waals surface area contributed by atoms with Crippen LogP contribution < -0.4 is 10.2 Å². The number of thioether (sulfide) groups is 1. The van der Waals surface area contributed by atoms with Gasteiger partial charge in [-0.1, -0.05) is 6.07 Å². The lowest BCUT2D eigenvalue weighted by Crippen LogP contribution is -2.30. The number of carbonyl (C=O) groups excluding carboxylic acids is 2. The molecule has 2 aromatic carbocycles. The maximum absolute atomic E-state index is 13.0. The molecule has 0 atom stereocenters. The monoisotopic (exact) mass is 522 g/mol. The van der Waals surface area contributed by atoms with Gasteiger partial charge in [0.1, 0.15) is 0 Å². The Hall–Kier alpha value is -1.84. The van der Waals surface area contributed by atoms with Crippen LogP contribution in [0, 0.1) is 5.92 Å². The Morgan fingerprint density at radius 3 is 2.71 bits per heavy atom. The molecule has 9 heteroatoms. The summed E-state index contributed by atoms with van der Waals surface area (Å²) in [6, 6.07) is 10.8. The number of benzene rings is 2. The Morgan fingerprint density at radius 2 is 2.00 bits per heavy atom. The topological polar surface area (TPSA) is 83.6 Å². The molecule has 0 radical (unpaired) electrons. The number of halogens is 1. The van der Waals surface area contributed by atoms with Gasteiger partial charge in [0.25, 0.3) is 0 Å². The van der Waals surface area contributed by atoms with Crippen LogP contribution in [0.5, 0.6) is 0 Å². The number of nitrogens with one attached hydrogen (secondary N) is 1. The summed E-state index contributed by atoms with van der Waals surface area (Å²) in [5.41, 5.74) is 2.28. The van der Waals surface area contributed by atoms with E-state index in [1.54, 1.807) is 34.9 Å². The van der Waals surface area contributed by atoms with E-state index in [0.29, 0.717) is 28.8 Å². The normalized spacial score (nSPS) is 15.6. The van der Waals surface area contributed by atoms with E-state index in [-0.39, 0.29) is 34.8 Å². The average Bonchev–Trinajstić information content (AvgIpc) is 3.51. The number of rotatable bonds is 7. The molecule has 1 fully saturated rings. The third kappa shape index (κ3) is 4.99. The minimum Gasteiger partial charge on any atom is -0.326 e. The van der Waals surface area contributed by atoms with Gasteiger partial charge >= 0.3 is 0 Å². The summed E-state index contributed by atoms with van der Waals surface area (Å²) in [5.74, 6) is -0.515. The summed E-state index contributed by atoms with van der Waals surface area (Å²) in [4.78, 5) is 27.7. The van der Waals surface area contributed by atoms with Gasteiger partial charge in [0.05, 0.1) is 10.6 Å². The van der Waals surface area contributed by atoms with E-state index >= 15 is 0 Å². The first-order chi connectivity index (χ1) is 14.8. The van der Waals surface area contributed by atoms with Crippen LogP contribution in [0.3, 0.4) is 0 Å². The molecule has 6 nitrogen and oxygen atoms in total. The lowest BCUT2D eigenvalue weighted by molar-refractivity contribution is -0.119. The molecule has 2 aromatic rings. The summed E-state index contributed by atoms with van der Waals surface area (Å²) < 4.78 is 26.5. The fraction of sp³-hybridized carbons (Fsp3) is 0.364. The van der Waals surface area contributed by atoms with Crippen LogP contribution in [-0.2, 0) is 25.8 Å². The predicted octanol–water partition coefficient (Wildman–Crippen LogP) is 4.27. The number of carbonyl (C=O) groups is 2. The summed E-state index contributed by atoms with van der Waals surface area (Å²) in [6.07, 6.45) is 4.31. The van der Waals surface area contributed by atoms with Crippen molar-refractivity contribution in [3.05, 3.63) is 46.4 Å². The van der Waals surface area contributed by atoms with Crippen molar-refractivity contribution in [2.75, 3.05) is 28.8 Å². The van der Waals surface area contributed by atoms with Crippen molar-refractivity contribution < 1.29 is 18.0 Å². The van der Waals surface area contributed by atoms with Crippen molar-refractivity contribution in [2.24, 2.45) is 5.92 Å². The molecule has 1 heterocycles. The molecular formula is C22H23BrN2O4S2. The van der Waals surface area contributed by atoms with Gasteiger partial charge in [0, 0.05) is 39.6 Å². The lowest BCUT2D eigenvalue weighted by Gasteiger charge is -2.18. The second kappa shape index (κ2) is 8.96. The van der Waals surface area contributed by atoms with E-state index < -0.39 is 9.84 Å². The first-order valence-electron chi connectivity index (χ1n) is 10.1. The number of hydrogen-bond acceptors (Lipinski definition) is 5. The van der Waals surface area contributed by atoms with E-state index in [2.05, 4.69) is 21.2 Å². The van der Waals surface area contributed by atoms with Gasteiger partial charge in [-0.05, 0) is 77.3 Å². The molecule has 2 aliphatic rings. The highest BCUT2D eigenvalue weighted by atomic mass is 79.9. The van der Waals surface area contributed by atoms with Gasteiger partial charge in [0.2, 0.25) is 11.8 Å². The van der Waals surface area contributed by atoms with E-state index in [4.69, 9.17) is 0 Å². The number of nitrogens with zero attached hydrogens (tertiary/aromatic N) is 1. The molecule has 1 aliphatic carbocycles. The molecule has 0 aromatic heterocycles. The number of hydrogen-bond donors (Lipinski definition) is 1. The summed E-state index contributed by atoms with van der Waals surface area (Å²) in [6.45, 7) is 0.581. The van der Waals surface area contributed by atoms with Crippen molar-refractivity contribution in [1.29, 1.82) is 0 Å². The maximum Gasteiger partial charge on any atom is 0.230 e. The molecule has 0 spiro atoms. The Kier molecular flexibility index (Phi) is 6.46. The van der Waals surface area contributed by atoms with Crippen LogP contribution in [0.4, 0.5) is 11.4 Å². The largest absolute Gasteiger partial charge is 0.326 e. The zero-order valence-electron chi connectivity index (χ0n) is 17.1. The van der Waals surface area contributed by atoms with E-state index in [0.717, 1.165) is 23.3 Å². The Balaban J connectivity index is 1.47. The first-order valence-corrected chi connectivity index (χ1v) is 13.8. The number of anilines is 2. The predicted molar refractivity (Wildman–Crippen MR) is 126 cm³/mol. The number of fused-ring (bicyclic) bond motifs is 1. The minimum atomic E-state index is -3.72. The van der Waals surface area contributed by atoms with Crippen LogP contribution in [0.1, 0.15) is 24.8 Å². The highest BCUT2D eigenvalue weighted by Crippen LogP contribution is 2.39. The summed E-state index contributed by atoms with van der Waals surface area (Å²) >= 11 is 4.94. The number of sulfone groups is 1. The van der Waals surface area contributed by atoms with E-state index in [1.807, 2.05) is 24.5 Å². The highest BCUT2D eigenvalue weighted by molar-refractivity contribution is 9.10. The Morgan fingerprint density at radius 1 is 1.23 bits per heavy atom. The molecule has 1 saturated carbocycles. The number of amides is 2. The smallest absolute Gasteiger partial charge is 0.230 e. The third-order valence-electron chi connectivity index (χ3n) is 5.51. The Bertz CT molecular complexity index is 1150. The molecule has 164 valence electrons. The molecule has 0 unspecified atom stereocenters. The van der Waals surface area contributed by atoms with Gasteiger partial charge < -0.3 is 10.2 Å². The molecule has 0 bridgehead atoms. The third-order valence-corrected chi connectivity index (χ3v) is 8.90. The quantitative estimate of drug-likeness (QED) is 0.548. The molecule has 0 saturated heterocycles. The van der Waals surface area contributed by atoms with Gasteiger partial charge in [-0.15, -0.1) is 11.8 Å². The van der Waals surface area contributed by atoms with Gasteiger partial charge in [0.15, 0.2) is 9.84 Å². The van der Waals surface area contributed by atoms with E-state index in [1.165, 1.54) is 0 Å². The molecule has 1 aliphatic heterocycles.